The summed E-state index contributed by atoms with van der Waals surface area (Å²) in [6.07, 6.45) is 2.38. The number of nitrogens with one attached hydrogen (secondary N) is 1. The fourth-order valence-electron chi connectivity index (χ4n) is 2.73. The minimum atomic E-state index is -0.0299. The molecule has 0 spiro atoms. The quantitative estimate of drug-likeness (QED) is 0.890. The Bertz CT molecular complexity index is 427. The summed E-state index contributed by atoms with van der Waals surface area (Å²) >= 11 is 0. The lowest BCUT2D eigenvalue weighted by Crippen LogP contribution is -2.50. The zero-order valence-corrected chi connectivity index (χ0v) is 13.1. The Balaban J connectivity index is 2.14. The van der Waals surface area contributed by atoms with Crippen LogP contribution in [-0.2, 0) is 4.74 Å². The van der Waals surface area contributed by atoms with Crippen molar-refractivity contribution in [1.82, 2.24) is 5.32 Å². The van der Waals surface area contributed by atoms with Gasteiger partial charge in [-0.3, -0.25) is 0 Å². The molecule has 112 valence electrons. The van der Waals surface area contributed by atoms with Gasteiger partial charge in [0.2, 0.25) is 0 Å². The lowest BCUT2D eigenvalue weighted by molar-refractivity contribution is -0.122. The molecule has 1 unspecified atom stereocenters. The highest BCUT2D eigenvalue weighted by Crippen LogP contribution is 2.33. The van der Waals surface area contributed by atoms with E-state index in [1.165, 1.54) is 5.56 Å². The average Bonchev–Trinajstić information content (AvgIpc) is 2.47. The van der Waals surface area contributed by atoms with Gasteiger partial charge in [0.1, 0.15) is 5.75 Å². The molecule has 3 heteroatoms. The minimum absolute atomic E-state index is 0.0299. The van der Waals surface area contributed by atoms with Crippen molar-refractivity contribution in [3.63, 3.8) is 0 Å². The van der Waals surface area contributed by atoms with Crippen molar-refractivity contribution in [1.29, 1.82) is 0 Å². The molecule has 1 atom stereocenters. The number of hydrogen-bond acceptors (Lipinski definition) is 3. The zero-order chi connectivity index (χ0) is 14.6. The highest BCUT2D eigenvalue weighted by atomic mass is 16.5. The lowest BCUT2D eigenvalue weighted by atomic mass is 9.93. The van der Waals surface area contributed by atoms with Gasteiger partial charge < -0.3 is 14.8 Å². The molecule has 1 aromatic rings. The molecule has 0 aliphatic carbocycles. The van der Waals surface area contributed by atoms with Crippen molar-refractivity contribution in [2.24, 2.45) is 0 Å². The van der Waals surface area contributed by atoms with Gasteiger partial charge in [0, 0.05) is 13.1 Å². The van der Waals surface area contributed by atoms with Crippen LogP contribution in [0.4, 0.5) is 0 Å². The molecule has 20 heavy (non-hydrogen) atoms. The fourth-order valence-corrected chi connectivity index (χ4v) is 2.73. The van der Waals surface area contributed by atoms with Crippen LogP contribution in [0.5, 0.6) is 5.75 Å². The van der Waals surface area contributed by atoms with Gasteiger partial charge in [0.05, 0.1) is 17.8 Å². The molecule has 3 nitrogen and oxygen atoms in total. The van der Waals surface area contributed by atoms with Crippen molar-refractivity contribution in [3.8, 4) is 5.75 Å². The van der Waals surface area contributed by atoms with Crippen LogP contribution in [0, 0.1) is 0 Å². The Hall–Kier alpha value is -1.06. The molecule has 0 saturated carbocycles. The summed E-state index contributed by atoms with van der Waals surface area (Å²) in [5.41, 5.74) is 1.17. The zero-order valence-electron chi connectivity index (χ0n) is 13.1. The van der Waals surface area contributed by atoms with E-state index in [1.54, 1.807) is 0 Å². The van der Waals surface area contributed by atoms with Crippen LogP contribution in [-0.4, -0.2) is 24.8 Å². The number of morpholine rings is 1. The summed E-state index contributed by atoms with van der Waals surface area (Å²) in [6.45, 7) is 10.3. The molecule has 1 saturated heterocycles. The van der Waals surface area contributed by atoms with Gasteiger partial charge in [-0.15, -0.1) is 0 Å². The van der Waals surface area contributed by atoms with Crippen molar-refractivity contribution in [2.75, 3.05) is 13.1 Å². The second kappa shape index (κ2) is 6.59. The summed E-state index contributed by atoms with van der Waals surface area (Å²) < 4.78 is 12.2. The highest BCUT2D eigenvalue weighted by molar-refractivity contribution is 5.30. The standard InChI is InChI=1S/C17H27NO2/c1-5-17(6-2)12-18-11-16(20-17)14-8-7-9-15(10-14)19-13(3)4/h7-10,13,16,18H,5-6,11-12H2,1-4H3. The smallest absolute Gasteiger partial charge is 0.120 e. The van der Waals surface area contributed by atoms with E-state index in [2.05, 4.69) is 31.3 Å². The Morgan fingerprint density at radius 3 is 2.75 bits per heavy atom. The van der Waals surface area contributed by atoms with Gasteiger partial charge >= 0.3 is 0 Å². The number of benzene rings is 1. The van der Waals surface area contributed by atoms with Crippen molar-refractivity contribution in [3.05, 3.63) is 29.8 Å². The molecule has 1 fully saturated rings. The van der Waals surface area contributed by atoms with Gasteiger partial charge in [0.15, 0.2) is 0 Å². The third-order valence-electron chi connectivity index (χ3n) is 4.06. The number of ether oxygens (including phenoxy) is 2. The van der Waals surface area contributed by atoms with Crippen molar-refractivity contribution < 1.29 is 9.47 Å². The van der Waals surface area contributed by atoms with Gasteiger partial charge in [-0.25, -0.2) is 0 Å². The molecule has 1 aliphatic heterocycles. The molecule has 0 radical (unpaired) electrons. The maximum Gasteiger partial charge on any atom is 0.120 e. The fraction of sp³-hybridized carbons (Fsp3) is 0.647. The molecular weight excluding hydrogens is 250 g/mol. The van der Waals surface area contributed by atoms with Crippen molar-refractivity contribution >= 4 is 0 Å². The Labute approximate surface area is 122 Å². The van der Waals surface area contributed by atoms with E-state index in [0.717, 1.165) is 31.7 Å². The molecule has 1 aromatic carbocycles. The van der Waals surface area contributed by atoms with E-state index in [9.17, 15) is 0 Å². The molecule has 1 heterocycles. The first-order valence-electron chi connectivity index (χ1n) is 7.73. The second-order valence-electron chi connectivity index (χ2n) is 5.87. The molecule has 1 aliphatic rings. The van der Waals surface area contributed by atoms with Crippen LogP contribution in [0.1, 0.15) is 52.2 Å². The summed E-state index contributed by atoms with van der Waals surface area (Å²) in [4.78, 5) is 0. The highest BCUT2D eigenvalue weighted by Gasteiger charge is 2.34. The number of rotatable bonds is 5. The molecule has 2 rings (SSSR count). The normalized spacial score (nSPS) is 21.9. The largest absolute Gasteiger partial charge is 0.491 e. The topological polar surface area (TPSA) is 30.5 Å². The maximum atomic E-state index is 6.40. The van der Waals surface area contributed by atoms with Gasteiger partial charge in [-0.2, -0.15) is 0 Å². The predicted octanol–water partition coefficient (Wildman–Crippen LogP) is 3.69. The molecule has 1 N–H and O–H groups in total. The first kappa shape index (κ1) is 15.3. The van der Waals surface area contributed by atoms with E-state index < -0.39 is 0 Å². The van der Waals surface area contributed by atoms with E-state index >= 15 is 0 Å². The van der Waals surface area contributed by atoms with Crippen LogP contribution in [0.2, 0.25) is 0 Å². The van der Waals surface area contributed by atoms with E-state index in [4.69, 9.17) is 9.47 Å². The molecule has 0 amide bonds. The van der Waals surface area contributed by atoms with E-state index in [0.29, 0.717) is 0 Å². The third-order valence-corrected chi connectivity index (χ3v) is 4.06. The Morgan fingerprint density at radius 1 is 1.35 bits per heavy atom. The maximum absolute atomic E-state index is 6.40. The van der Waals surface area contributed by atoms with E-state index in [1.807, 2.05) is 26.0 Å². The van der Waals surface area contributed by atoms with Crippen LogP contribution < -0.4 is 10.1 Å². The predicted molar refractivity (Wildman–Crippen MR) is 82.2 cm³/mol. The lowest BCUT2D eigenvalue weighted by Gasteiger charge is -2.41. The molecule has 0 aromatic heterocycles. The average molecular weight is 277 g/mol. The summed E-state index contributed by atoms with van der Waals surface area (Å²) in [6, 6.07) is 8.28. The number of hydrogen-bond donors (Lipinski definition) is 1. The Morgan fingerprint density at radius 2 is 2.10 bits per heavy atom. The minimum Gasteiger partial charge on any atom is -0.491 e. The van der Waals surface area contributed by atoms with Crippen LogP contribution in [0.3, 0.4) is 0 Å². The van der Waals surface area contributed by atoms with Gasteiger partial charge in [0.25, 0.3) is 0 Å². The molecule has 0 bridgehead atoms. The second-order valence-corrected chi connectivity index (χ2v) is 5.87. The monoisotopic (exact) mass is 277 g/mol. The third kappa shape index (κ3) is 3.53. The summed E-state index contributed by atoms with van der Waals surface area (Å²) in [5.74, 6) is 0.922. The van der Waals surface area contributed by atoms with Crippen LogP contribution >= 0.6 is 0 Å². The summed E-state index contributed by atoms with van der Waals surface area (Å²) in [5, 5.41) is 3.52. The summed E-state index contributed by atoms with van der Waals surface area (Å²) in [7, 11) is 0. The molecular formula is C17H27NO2. The van der Waals surface area contributed by atoms with E-state index in [-0.39, 0.29) is 17.8 Å². The Kier molecular flexibility index (Phi) is 5.06. The van der Waals surface area contributed by atoms with Crippen LogP contribution in [0.15, 0.2) is 24.3 Å². The SMILES string of the molecule is CCC1(CC)CNCC(c2cccc(OC(C)C)c2)O1. The van der Waals surface area contributed by atoms with Crippen LogP contribution in [0.25, 0.3) is 0 Å². The first-order valence-corrected chi connectivity index (χ1v) is 7.73. The van der Waals surface area contributed by atoms with Crippen molar-refractivity contribution in [2.45, 2.75) is 58.3 Å². The van der Waals surface area contributed by atoms with Gasteiger partial charge in [-0.05, 0) is 44.4 Å². The first-order chi connectivity index (χ1) is 9.58. The van der Waals surface area contributed by atoms with Gasteiger partial charge in [-0.1, -0.05) is 26.0 Å².